The van der Waals surface area contributed by atoms with Crippen LogP contribution in [0.15, 0.2) is 24.3 Å². The maximum Gasteiger partial charge on any atom is 0.507 e. The van der Waals surface area contributed by atoms with E-state index < -0.39 is 11.6 Å². The van der Waals surface area contributed by atoms with E-state index in [0.717, 1.165) is 0 Å². The molecule has 8 heteroatoms. The average Bonchev–Trinajstić information content (AvgIpc) is 2.30. The monoisotopic (exact) mass is 283 g/mol. The Morgan fingerprint density at radius 2 is 1.72 bits per heavy atom. The molecule has 0 N–H and O–H groups in total. The van der Waals surface area contributed by atoms with Crippen molar-refractivity contribution in [2.75, 3.05) is 0 Å². The summed E-state index contributed by atoms with van der Waals surface area (Å²) in [7, 11) is 0. The first-order valence-corrected chi connectivity index (χ1v) is 6.89. The van der Waals surface area contributed by atoms with Gasteiger partial charge in [0.2, 0.25) is 0 Å². The molecule has 0 aliphatic carbocycles. The van der Waals surface area contributed by atoms with Gasteiger partial charge in [0.1, 0.15) is 18.0 Å². The van der Waals surface area contributed by atoms with Crippen molar-refractivity contribution >= 4 is 24.2 Å². The molecule has 1 aromatic carbocycles. The summed E-state index contributed by atoms with van der Waals surface area (Å²) in [6, 6.07) is 5.14. The molecule has 0 bridgehead atoms. The molecule has 0 saturated heterocycles. The molecule has 0 unspecified atom stereocenters. The summed E-state index contributed by atoms with van der Waals surface area (Å²) in [5.41, 5.74) is -0.0913. The summed E-state index contributed by atoms with van der Waals surface area (Å²) in [6.07, 6.45) is 13.5. The highest BCUT2D eigenvalue weighted by Crippen LogP contribution is 2.49. The maximum atomic E-state index is 10.5. The predicted octanol–water partition coefficient (Wildman–Crippen LogP) is 2.41. The Bertz CT molecular complexity index is 551. The van der Waals surface area contributed by atoms with Crippen LogP contribution in [0.2, 0.25) is 0 Å². The molecule has 0 aliphatic heterocycles. The van der Waals surface area contributed by atoms with Crippen molar-refractivity contribution in [3.63, 3.8) is 0 Å². The molecular weight excluding hydrogens is 277 g/mol. The number of nitrogens with zero attached hydrogens (tertiary/aromatic N) is 1. The van der Waals surface area contributed by atoms with Gasteiger partial charge in [-0.3, -0.25) is 10.1 Å². The molecule has 1 rings (SSSR count). The standard InChI is InChI=1S/C10H6NO5PS/c1-3-14-17(18,15-4-2)16-10-7-5-9(6-8-10)11(12)13/h1-2,5-8H. The van der Waals surface area contributed by atoms with Crippen LogP contribution in [0.3, 0.4) is 0 Å². The SMILES string of the molecule is C#COP(=S)(OC#C)Oc1ccc([N+](=O)[O-])cc1. The summed E-state index contributed by atoms with van der Waals surface area (Å²) in [5, 5.41) is 10.5. The van der Waals surface area contributed by atoms with Gasteiger partial charge in [-0.25, -0.2) is 0 Å². The Kier molecular flexibility index (Phi) is 4.56. The highest BCUT2D eigenvalue weighted by Gasteiger charge is 2.24. The van der Waals surface area contributed by atoms with Gasteiger partial charge in [0.25, 0.3) is 5.69 Å². The third-order valence-corrected chi connectivity index (χ3v) is 3.36. The van der Waals surface area contributed by atoms with Gasteiger partial charge in [-0.05, 0) is 12.1 Å². The Labute approximate surface area is 108 Å². The number of nitro groups is 1. The molecule has 0 spiro atoms. The Balaban J connectivity index is 2.89. The summed E-state index contributed by atoms with van der Waals surface area (Å²) < 4.78 is 14.6. The average molecular weight is 283 g/mol. The Morgan fingerprint density at radius 3 is 2.11 bits per heavy atom. The van der Waals surface area contributed by atoms with Crippen LogP contribution in [0.1, 0.15) is 0 Å². The zero-order chi connectivity index (χ0) is 13.6. The summed E-state index contributed by atoms with van der Waals surface area (Å²) >= 11 is 4.89. The molecular formula is C10H6NO5PS. The number of hydrogen-bond donors (Lipinski definition) is 0. The topological polar surface area (TPSA) is 70.8 Å². The third-order valence-electron chi connectivity index (χ3n) is 1.59. The molecule has 0 fully saturated rings. The number of rotatable bonds is 5. The van der Waals surface area contributed by atoms with E-state index in [0.29, 0.717) is 0 Å². The van der Waals surface area contributed by atoms with E-state index in [1.54, 1.807) is 0 Å². The van der Waals surface area contributed by atoms with E-state index in [-0.39, 0.29) is 11.4 Å². The largest absolute Gasteiger partial charge is 0.507 e. The van der Waals surface area contributed by atoms with Gasteiger partial charge in [-0.2, -0.15) is 0 Å². The molecule has 0 aliphatic rings. The molecule has 92 valence electrons. The molecule has 18 heavy (non-hydrogen) atoms. The smallest absolute Gasteiger partial charge is 0.406 e. The second-order valence-electron chi connectivity index (χ2n) is 2.71. The lowest BCUT2D eigenvalue weighted by Crippen LogP contribution is -1.96. The Hall–Kier alpha value is -2.21. The van der Waals surface area contributed by atoms with Crippen molar-refractivity contribution in [2.24, 2.45) is 0 Å². The lowest BCUT2D eigenvalue weighted by Gasteiger charge is -2.15. The number of hydrogen-bond acceptors (Lipinski definition) is 6. The minimum absolute atomic E-state index is 0.0913. The summed E-state index contributed by atoms with van der Waals surface area (Å²) in [6.45, 7) is -3.29. The fraction of sp³-hybridized carbons (Fsp3) is 0. The number of terminal acetylenes is 2. The minimum atomic E-state index is -3.29. The third kappa shape index (κ3) is 3.67. The molecule has 0 radical (unpaired) electrons. The van der Waals surface area contributed by atoms with E-state index in [1.807, 2.05) is 12.2 Å². The highest BCUT2D eigenvalue weighted by molar-refractivity contribution is 8.07. The lowest BCUT2D eigenvalue weighted by molar-refractivity contribution is -0.384. The van der Waals surface area contributed by atoms with Gasteiger partial charge in [0.05, 0.1) is 4.92 Å². The van der Waals surface area contributed by atoms with E-state index in [1.165, 1.54) is 24.3 Å². The first-order valence-electron chi connectivity index (χ1n) is 4.33. The first kappa shape index (κ1) is 13.9. The number of benzene rings is 1. The quantitative estimate of drug-likeness (QED) is 0.357. The summed E-state index contributed by atoms with van der Waals surface area (Å²) in [5.74, 6) is 0.203. The second-order valence-corrected chi connectivity index (χ2v) is 5.49. The molecule has 0 amide bonds. The van der Waals surface area contributed by atoms with Gasteiger partial charge in [0.15, 0.2) is 0 Å². The van der Waals surface area contributed by atoms with Gasteiger partial charge < -0.3 is 13.6 Å². The Morgan fingerprint density at radius 1 is 1.22 bits per heavy atom. The zero-order valence-electron chi connectivity index (χ0n) is 8.81. The van der Waals surface area contributed by atoms with Crippen LogP contribution in [0.4, 0.5) is 5.69 Å². The zero-order valence-corrected chi connectivity index (χ0v) is 10.5. The van der Waals surface area contributed by atoms with Crippen molar-refractivity contribution < 1.29 is 18.5 Å². The van der Waals surface area contributed by atoms with E-state index in [2.05, 4.69) is 9.05 Å². The van der Waals surface area contributed by atoms with E-state index in [4.69, 9.17) is 29.2 Å². The van der Waals surface area contributed by atoms with Crippen LogP contribution in [-0.2, 0) is 20.9 Å². The van der Waals surface area contributed by atoms with Crippen LogP contribution < -0.4 is 4.52 Å². The first-order chi connectivity index (χ1) is 8.50. The van der Waals surface area contributed by atoms with Crippen LogP contribution in [0.25, 0.3) is 0 Å². The predicted molar refractivity (Wildman–Crippen MR) is 67.8 cm³/mol. The van der Waals surface area contributed by atoms with Crippen molar-refractivity contribution in [3.8, 4) is 30.8 Å². The van der Waals surface area contributed by atoms with Crippen LogP contribution in [-0.4, -0.2) is 4.92 Å². The normalized spacial score (nSPS) is 9.67. The molecule has 0 atom stereocenters. The number of non-ortho nitro benzene ring substituents is 1. The summed E-state index contributed by atoms with van der Waals surface area (Å²) in [4.78, 5) is 9.91. The number of nitro benzene ring substituents is 1. The van der Waals surface area contributed by atoms with E-state index >= 15 is 0 Å². The van der Waals surface area contributed by atoms with Crippen LogP contribution in [0, 0.1) is 35.2 Å². The maximum absolute atomic E-state index is 10.5. The second kappa shape index (κ2) is 5.92. The van der Waals surface area contributed by atoms with Crippen LogP contribution in [0.5, 0.6) is 5.75 Å². The van der Waals surface area contributed by atoms with Crippen molar-refractivity contribution in [3.05, 3.63) is 34.4 Å². The fourth-order valence-electron chi connectivity index (χ4n) is 0.943. The van der Waals surface area contributed by atoms with Gasteiger partial charge >= 0.3 is 6.72 Å². The van der Waals surface area contributed by atoms with Crippen molar-refractivity contribution in [2.45, 2.75) is 0 Å². The molecule has 1 aromatic rings. The van der Waals surface area contributed by atoms with Crippen LogP contribution >= 0.6 is 6.72 Å². The molecule has 6 nitrogen and oxygen atoms in total. The van der Waals surface area contributed by atoms with Gasteiger partial charge in [-0.1, -0.05) is 12.8 Å². The van der Waals surface area contributed by atoms with E-state index in [9.17, 15) is 10.1 Å². The van der Waals surface area contributed by atoms with Gasteiger partial charge in [-0.15, -0.1) is 0 Å². The van der Waals surface area contributed by atoms with Crippen molar-refractivity contribution in [1.29, 1.82) is 0 Å². The molecule has 0 heterocycles. The molecule has 0 aromatic heterocycles. The fourth-order valence-corrected chi connectivity index (χ4v) is 2.21. The minimum Gasteiger partial charge on any atom is -0.406 e. The highest BCUT2D eigenvalue weighted by atomic mass is 32.5. The van der Waals surface area contributed by atoms with Crippen molar-refractivity contribution in [1.82, 2.24) is 0 Å². The van der Waals surface area contributed by atoms with Gasteiger partial charge in [0, 0.05) is 23.9 Å². The lowest BCUT2D eigenvalue weighted by atomic mass is 10.3. The molecule has 0 saturated carbocycles.